The van der Waals surface area contributed by atoms with Crippen molar-refractivity contribution < 1.29 is 4.42 Å². The molecule has 0 spiro atoms. The van der Waals surface area contributed by atoms with Crippen molar-refractivity contribution in [3.05, 3.63) is 5.89 Å². The molecule has 78 valence electrons. The smallest absolute Gasteiger partial charge is 0.318 e. The Kier molecular flexibility index (Phi) is 3.26. The quantitative estimate of drug-likeness (QED) is 0.771. The van der Waals surface area contributed by atoms with Gasteiger partial charge in [-0.1, -0.05) is 5.10 Å². The van der Waals surface area contributed by atoms with Gasteiger partial charge in [-0.3, -0.25) is 0 Å². The lowest BCUT2D eigenvalue weighted by Crippen LogP contribution is -2.32. The van der Waals surface area contributed by atoms with Crippen molar-refractivity contribution >= 4 is 17.8 Å². The number of aromatic nitrogens is 2. The molecule has 0 aliphatic carbocycles. The number of rotatable bonds is 3. The van der Waals surface area contributed by atoms with Gasteiger partial charge in [-0.25, -0.2) is 0 Å². The standard InChI is InChI=1S/C8H14N4OS/c9-2-1-7-10-11-8(13-7)12-3-5-14-6-4-12/h1-6,9H2. The fraction of sp³-hybridized carbons (Fsp3) is 0.750. The Bertz CT molecular complexity index is 285. The van der Waals surface area contributed by atoms with Crippen LogP contribution in [-0.4, -0.2) is 41.3 Å². The highest BCUT2D eigenvalue weighted by Crippen LogP contribution is 2.17. The predicted octanol–water partition coefficient (Wildman–Crippen LogP) is 0.124. The summed E-state index contributed by atoms with van der Waals surface area (Å²) in [5, 5.41) is 7.94. The van der Waals surface area contributed by atoms with Crippen molar-refractivity contribution in [3.8, 4) is 0 Å². The number of thioether (sulfide) groups is 1. The van der Waals surface area contributed by atoms with E-state index >= 15 is 0 Å². The van der Waals surface area contributed by atoms with Gasteiger partial charge >= 0.3 is 6.01 Å². The SMILES string of the molecule is NCCc1nnc(N2CCSCC2)o1. The zero-order chi connectivity index (χ0) is 9.80. The molecule has 0 amide bonds. The molecular weight excluding hydrogens is 200 g/mol. The topological polar surface area (TPSA) is 68.2 Å². The van der Waals surface area contributed by atoms with Crippen LogP contribution in [0.3, 0.4) is 0 Å². The van der Waals surface area contributed by atoms with E-state index in [2.05, 4.69) is 15.1 Å². The molecule has 5 nitrogen and oxygen atoms in total. The second-order valence-electron chi connectivity index (χ2n) is 3.12. The summed E-state index contributed by atoms with van der Waals surface area (Å²) in [6.45, 7) is 2.54. The van der Waals surface area contributed by atoms with Gasteiger partial charge in [0.25, 0.3) is 0 Å². The van der Waals surface area contributed by atoms with Crippen molar-refractivity contribution in [2.75, 3.05) is 36.0 Å². The van der Waals surface area contributed by atoms with E-state index < -0.39 is 0 Å². The highest BCUT2D eigenvalue weighted by atomic mass is 32.2. The van der Waals surface area contributed by atoms with Crippen molar-refractivity contribution in [2.45, 2.75) is 6.42 Å². The Morgan fingerprint density at radius 3 is 2.86 bits per heavy atom. The number of anilines is 1. The third-order valence-electron chi connectivity index (χ3n) is 2.10. The third kappa shape index (κ3) is 2.19. The zero-order valence-electron chi connectivity index (χ0n) is 7.98. The zero-order valence-corrected chi connectivity index (χ0v) is 8.79. The molecule has 0 unspecified atom stereocenters. The summed E-state index contributed by atoms with van der Waals surface area (Å²) in [7, 11) is 0. The van der Waals surface area contributed by atoms with Crippen LogP contribution in [0.1, 0.15) is 5.89 Å². The van der Waals surface area contributed by atoms with E-state index in [1.165, 1.54) is 0 Å². The van der Waals surface area contributed by atoms with E-state index in [1.807, 2.05) is 11.8 Å². The molecular formula is C8H14N4OS. The van der Waals surface area contributed by atoms with Crippen LogP contribution >= 0.6 is 11.8 Å². The maximum atomic E-state index is 5.48. The first kappa shape index (κ1) is 9.79. The Balaban J connectivity index is 2.00. The largest absolute Gasteiger partial charge is 0.408 e. The normalized spacial score (nSPS) is 17.4. The molecule has 2 heterocycles. The molecule has 1 aliphatic heterocycles. The van der Waals surface area contributed by atoms with Crippen molar-refractivity contribution in [2.24, 2.45) is 5.73 Å². The predicted molar refractivity (Wildman–Crippen MR) is 56.6 cm³/mol. The van der Waals surface area contributed by atoms with E-state index in [0.717, 1.165) is 24.6 Å². The second-order valence-corrected chi connectivity index (χ2v) is 4.34. The first-order valence-corrected chi connectivity index (χ1v) is 5.91. The average molecular weight is 214 g/mol. The van der Waals surface area contributed by atoms with Gasteiger partial charge in [-0.15, -0.1) is 5.10 Å². The Labute approximate surface area is 87.0 Å². The van der Waals surface area contributed by atoms with E-state index in [4.69, 9.17) is 10.2 Å². The first-order chi connectivity index (χ1) is 6.90. The minimum absolute atomic E-state index is 0.553. The number of nitrogens with two attached hydrogens (primary N) is 1. The highest BCUT2D eigenvalue weighted by Gasteiger charge is 2.16. The van der Waals surface area contributed by atoms with E-state index in [1.54, 1.807) is 0 Å². The molecule has 1 aromatic rings. The number of nitrogens with zero attached hydrogens (tertiary/aromatic N) is 3. The summed E-state index contributed by atoms with van der Waals surface area (Å²) in [5.41, 5.74) is 5.40. The van der Waals surface area contributed by atoms with Crippen molar-refractivity contribution in [1.82, 2.24) is 10.2 Å². The lowest BCUT2D eigenvalue weighted by atomic mass is 10.4. The fourth-order valence-corrected chi connectivity index (χ4v) is 2.25. The number of hydrogen-bond acceptors (Lipinski definition) is 6. The summed E-state index contributed by atoms with van der Waals surface area (Å²) < 4.78 is 5.48. The van der Waals surface area contributed by atoms with Gasteiger partial charge in [0.15, 0.2) is 0 Å². The van der Waals surface area contributed by atoms with Gasteiger partial charge < -0.3 is 15.1 Å². The molecule has 0 atom stereocenters. The molecule has 6 heteroatoms. The summed E-state index contributed by atoms with van der Waals surface area (Å²) >= 11 is 1.96. The van der Waals surface area contributed by atoms with Crippen LogP contribution in [-0.2, 0) is 6.42 Å². The van der Waals surface area contributed by atoms with Crippen LogP contribution in [0.5, 0.6) is 0 Å². The molecule has 2 N–H and O–H groups in total. The van der Waals surface area contributed by atoms with E-state index in [9.17, 15) is 0 Å². The van der Waals surface area contributed by atoms with Crippen molar-refractivity contribution in [1.29, 1.82) is 0 Å². The Hall–Kier alpha value is -0.750. The summed E-state index contributed by atoms with van der Waals surface area (Å²) in [4.78, 5) is 2.13. The van der Waals surface area contributed by atoms with Gasteiger partial charge in [0.2, 0.25) is 5.89 Å². The van der Waals surface area contributed by atoms with Crippen molar-refractivity contribution in [3.63, 3.8) is 0 Å². The summed E-state index contributed by atoms with van der Waals surface area (Å²) in [6.07, 6.45) is 0.662. The van der Waals surface area contributed by atoms with Crippen LogP contribution < -0.4 is 10.6 Å². The van der Waals surface area contributed by atoms with Gasteiger partial charge in [-0.2, -0.15) is 11.8 Å². The van der Waals surface area contributed by atoms with Gasteiger partial charge in [-0.05, 0) is 0 Å². The third-order valence-corrected chi connectivity index (χ3v) is 3.04. The molecule has 0 aromatic carbocycles. The summed E-state index contributed by atoms with van der Waals surface area (Å²) in [5.74, 6) is 2.91. The molecule has 1 aliphatic rings. The molecule has 14 heavy (non-hydrogen) atoms. The van der Waals surface area contributed by atoms with Crippen LogP contribution in [0.15, 0.2) is 4.42 Å². The fourth-order valence-electron chi connectivity index (χ4n) is 1.35. The minimum atomic E-state index is 0.553. The Morgan fingerprint density at radius 1 is 1.36 bits per heavy atom. The molecule has 1 saturated heterocycles. The molecule has 0 bridgehead atoms. The van der Waals surface area contributed by atoms with Gasteiger partial charge in [0.1, 0.15) is 0 Å². The first-order valence-electron chi connectivity index (χ1n) is 4.75. The average Bonchev–Trinajstić information content (AvgIpc) is 2.68. The van der Waals surface area contributed by atoms with Gasteiger partial charge in [0, 0.05) is 37.6 Å². The van der Waals surface area contributed by atoms with Crippen LogP contribution in [0.4, 0.5) is 6.01 Å². The number of hydrogen-bond donors (Lipinski definition) is 1. The Morgan fingerprint density at radius 2 is 2.14 bits per heavy atom. The second kappa shape index (κ2) is 4.65. The molecule has 1 fully saturated rings. The van der Waals surface area contributed by atoms with E-state index in [-0.39, 0.29) is 0 Å². The lowest BCUT2D eigenvalue weighted by molar-refractivity contribution is 0.487. The van der Waals surface area contributed by atoms with Gasteiger partial charge in [0.05, 0.1) is 0 Å². The lowest BCUT2D eigenvalue weighted by Gasteiger charge is -2.23. The van der Waals surface area contributed by atoms with E-state index in [0.29, 0.717) is 24.9 Å². The molecule has 2 rings (SSSR count). The molecule has 0 saturated carbocycles. The summed E-state index contributed by atoms with van der Waals surface area (Å²) in [6, 6.07) is 0.647. The maximum absolute atomic E-state index is 5.48. The maximum Gasteiger partial charge on any atom is 0.318 e. The molecule has 1 aromatic heterocycles. The van der Waals surface area contributed by atoms with Crippen LogP contribution in [0.2, 0.25) is 0 Å². The molecule has 0 radical (unpaired) electrons. The minimum Gasteiger partial charge on any atom is -0.408 e. The monoisotopic (exact) mass is 214 g/mol. The van der Waals surface area contributed by atoms with Crippen LogP contribution in [0, 0.1) is 0 Å². The highest BCUT2D eigenvalue weighted by molar-refractivity contribution is 7.99. The van der Waals surface area contributed by atoms with Crippen LogP contribution in [0.25, 0.3) is 0 Å².